The zero-order chi connectivity index (χ0) is 78.4. The normalized spacial score (nSPS) is 19.7. The molecule has 3 aliphatic rings. The van der Waals surface area contributed by atoms with E-state index < -0.39 is 135 Å². The number of carbonyl (C=O) groups is 8. The van der Waals surface area contributed by atoms with Gasteiger partial charge >= 0.3 is 21.5 Å². The van der Waals surface area contributed by atoms with Crippen molar-refractivity contribution in [3.05, 3.63) is 113 Å². The number of H-pyrrole nitrogens is 1. The first-order chi connectivity index (χ1) is 52.4. The molecule has 41 heteroatoms. The van der Waals surface area contributed by atoms with Crippen LogP contribution in [0.3, 0.4) is 0 Å². The zero-order valence-corrected chi connectivity index (χ0v) is 64.0. The number of ether oxygens (including phenoxy) is 9. The molecule has 8 N–H and O–H groups in total. The van der Waals surface area contributed by atoms with Gasteiger partial charge in [-0.2, -0.15) is 17.6 Å². The Kier molecular flexibility index (Phi) is 34.9. The zero-order valence-electron chi connectivity index (χ0n) is 60.5. The summed E-state index contributed by atoms with van der Waals surface area (Å²) in [5, 5.41) is 25.0. The van der Waals surface area contributed by atoms with Crippen molar-refractivity contribution in [3.8, 4) is 5.88 Å². The fourth-order valence-electron chi connectivity index (χ4n) is 11.5. The molecule has 0 radical (unpaired) electrons. The van der Waals surface area contributed by atoms with Crippen LogP contribution in [0.25, 0.3) is 11.2 Å². The summed E-state index contributed by atoms with van der Waals surface area (Å²) in [6.45, 7) is 2.84. The standard InChI is InChI=1S/C68H91N13O24P2S2/c1-41(2)56(75-63(88)49(12-8-9-22-80-54(83)17-18-55(80)84)74-52(82)20-23-95-26-27-97-30-31-98-29-28-96-25-24-94-5)64(89)72-42(3)61(86)73-46-15-13-43(14-16-46)35-100-68(91)79(4)34-44-10-6-7-11-48(44)62(87)77-67-76-60-57(65(90)78-67)71-39-81(60)66-59(58(85)51(103-66)37-99-40-108)105-107(93,109)101-36-45-32-47(33-50(45)104-106-92)102-53-19-21-69-38-70-53/h6-7,10-11,13-19,21,38-39,41-42,45,47,49-51,56,58-59,66,85,108H,8-9,12,20,22-37,40H2,1-5H3,(H,72,89)(H,73,86)(H,74,82)(H,75,88)(H,93,109)(H2,76,77,78,87,90)/t42-,45+,47+,49-,50-,51+,56?,58+,59+,66+,107?/m0/s1. The number of aliphatic hydroxyl groups is 1. The van der Waals surface area contributed by atoms with Gasteiger partial charge in [-0.15, -0.1) is 0 Å². The molecule has 8 amide bonds. The van der Waals surface area contributed by atoms with Gasteiger partial charge in [-0.05, 0) is 79.7 Å². The number of fused-ring (bicyclic) bond motifs is 1. The maximum absolute atomic E-state index is 14.1. The van der Waals surface area contributed by atoms with Crippen LogP contribution in [0.2, 0.25) is 0 Å². The molecule has 3 aromatic heterocycles. The Morgan fingerprint density at radius 3 is 2.20 bits per heavy atom. The Hall–Kier alpha value is -8.21. The molecule has 0 spiro atoms. The lowest BCUT2D eigenvalue weighted by molar-refractivity contribution is -0.137. The predicted octanol–water partition coefficient (Wildman–Crippen LogP) is 3.43. The quantitative estimate of drug-likeness (QED) is 0.00885. The van der Waals surface area contributed by atoms with Gasteiger partial charge in [0.15, 0.2) is 17.4 Å². The van der Waals surface area contributed by atoms with Crippen molar-refractivity contribution in [1.29, 1.82) is 0 Å². The number of anilines is 2. The van der Waals surface area contributed by atoms with E-state index in [4.69, 9.17) is 68.0 Å². The van der Waals surface area contributed by atoms with Gasteiger partial charge in [0.25, 0.3) is 23.3 Å². The van der Waals surface area contributed by atoms with E-state index >= 15 is 0 Å². The molecule has 1 saturated heterocycles. The summed E-state index contributed by atoms with van der Waals surface area (Å²) in [5.74, 6) is -5.18. The van der Waals surface area contributed by atoms with Crippen LogP contribution in [0, 0.1) is 11.8 Å². The molecule has 2 aliphatic heterocycles. The number of rotatable bonds is 47. The lowest BCUT2D eigenvalue weighted by atomic mass is 10.0. The molecule has 5 heterocycles. The van der Waals surface area contributed by atoms with Crippen LogP contribution in [0.15, 0.2) is 90.4 Å². The fraction of sp³-hybridized carbons (Fsp3) is 0.544. The molecular formula is C68H91N13O24P2S2. The topological polar surface area (TPSA) is 461 Å². The minimum atomic E-state index is -4.28. The Balaban J connectivity index is 0.803. The number of aromatic nitrogens is 6. The van der Waals surface area contributed by atoms with Gasteiger partial charge in [0.1, 0.15) is 55.5 Å². The van der Waals surface area contributed by atoms with Gasteiger partial charge in [-0.1, -0.05) is 44.2 Å². The molecule has 109 heavy (non-hydrogen) atoms. The summed E-state index contributed by atoms with van der Waals surface area (Å²) in [6.07, 6.45) is 0.237. The minimum absolute atomic E-state index is 0.0179. The first-order valence-electron chi connectivity index (χ1n) is 34.9. The summed E-state index contributed by atoms with van der Waals surface area (Å²) < 4.78 is 80.0. The van der Waals surface area contributed by atoms with Gasteiger partial charge in [0, 0.05) is 81.7 Å². The number of hydrogen-bond donors (Lipinski definition) is 9. The number of imide groups is 1. The van der Waals surface area contributed by atoms with Crippen molar-refractivity contribution < 1.29 is 109 Å². The van der Waals surface area contributed by atoms with E-state index in [1.54, 1.807) is 69.5 Å². The monoisotopic (exact) mass is 1600 g/mol. The van der Waals surface area contributed by atoms with E-state index in [0.29, 0.717) is 88.0 Å². The number of aromatic amines is 1. The second-order valence-corrected chi connectivity index (χ2v) is 28.9. The number of nitrogens with zero attached hydrogens (tertiary/aromatic N) is 7. The molecule has 11 atom stereocenters. The SMILES string of the molecule is COCCOCCOCCOCCOCCC(=O)N[C@@H](CCCCN1C(=O)C=CC1=O)C(=O)NC(C(=O)N[C@@H](C)C(=O)Nc1ccc(COC(=O)N(C)Cc2ccccc2C(=O)Nc2nc3c(ncn3[C@@H]3O[C@H](COCS)[C@@H](O)[C@H]3OP(O)(=S)OC[C@H]3C[C@@H](Oc4ccncn4)C[C@@H]3OP=O)c(=O)[nH]2)cc1)C(C)C. The van der Waals surface area contributed by atoms with E-state index in [1.807, 2.05) is 0 Å². The van der Waals surface area contributed by atoms with Crippen LogP contribution >= 0.6 is 28.0 Å². The second kappa shape index (κ2) is 44.0. The largest absolute Gasteiger partial charge is 0.474 e. The first-order valence-corrected chi connectivity index (χ1v) is 38.9. The molecule has 1 saturated carbocycles. The van der Waals surface area contributed by atoms with Gasteiger partial charge < -0.3 is 83.3 Å². The Labute approximate surface area is 639 Å². The maximum Gasteiger partial charge on any atom is 0.410 e. The fourth-order valence-corrected chi connectivity index (χ4v) is 13.4. The third kappa shape index (κ3) is 26.8. The van der Waals surface area contributed by atoms with Crippen LogP contribution in [0.4, 0.5) is 16.4 Å². The molecule has 2 aromatic carbocycles. The highest BCUT2D eigenvalue weighted by molar-refractivity contribution is 8.07. The average molecular weight is 1600 g/mol. The number of amides is 8. The molecule has 5 aromatic rings. The molecular weight excluding hydrogens is 1510 g/mol. The van der Waals surface area contributed by atoms with Crippen molar-refractivity contribution in [2.45, 2.75) is 127 Å². The number of thiol groups is 1. The molecule has 594 valence electrons. The van der Waals surface area contributed by atoms with Gasteiger partial charge in [0.05, 0.1) is 91.0 Å². The summed E-state index contributed by atoms with van der Waals surface area (Å²) in [5.41, 5.74) is 0.153. The van der Waals surface area contributed by atoms with Gasteiger partial charge in [0.2, 0.25) is 35.5 Å². The van der Waals surface area contributed by atoms with Gasteiger partial charge in [-0.25, -0.2) is 24.3 Å². The molecule has 37 nitrogen and oxygen atoms in total. The van der Waals surface area contributed by atoms with E-state index in [2.05, 4.69) is 64.1 Å². The van der Waals surface area contributed by atoms with Crippen LogP contribution < -0.4 is 36.9 Å². The average Bonchev–Trinajstić information content (AvgIpc) is 1.61. The number of methoxy groups -OCH3 is 1. The Morgan fingerprint density at radius 2 is 1.53 bits per heavy atom. The van der Waals surface area contributed by atoms with Crippen molar-refractivity contribution in [2.24, 2.45) is 11.8 Å². The van der Waals surface area contributed by atoms with E-state index in [1.165, 1.54) is 60.5 Å². The lowest BCUT2D eigenvalue weighted by Gasteiger charge is -2.27. The number of carbonyl (C=O) groups excluding carboxylic acids is 8. The molecule has 0 bridgehead atoms. The first kappa shape index (κ1) is 86.4. The van der Waals surface area contributed by atoms with E-state index in [-0.39, 0.29) is 94.2 Å². The number of aliphatic hydroxyl groups excluding tert-OH is 1. The Bertz CT molecular complexity index is 3980. The third-order valence-electron chi connectivity index (χ3n) is 17.2. The highest BCUT2D eigenvalue weighted by Gasteiger charge is 2.49. The number of hydrogen-bond acceptors (Lipinski definition) is 29. The molecule has 8 rings (SSSR count). The number of imidazole rings is 1. The van der Waals surface area contributed by atoms with Gasteiger partial charge in [-0.3, -0.25) is 67.2 Å². The lowest BCUT2D eigenvalue weighted by Crippen LogP contribution is -2.57. The number of benzene rings is 2. The van der Waals surface area contributed by atoms with Crippen molar-refractivity contribution in [2.75, 3.05) is 110 Å². The number of nitrogens with one attached hydrogen (secondary N) is 6. The summed E-state index contributed by atoms with van der Waals surface area (Å²) in [7, 11) is 2.45. The van der Waals surface area contributed by atoms with Crippen LogP contribution in [-0.2, 0) is 110 Å². The second-order valence-electron chi connectivity index (χ2n) is 25.5. The maximum atomic E-state index is 14.1. The van der Waals surface area contributed by atoms with E-state index in [0.717, 1.165) is 4.90 Å². The smallest absolute Gasteiger partial charge is 0.410 e. The summed E-state index contributed by atoms with van der Waals surface area (Å²) in [6, 6.07) is 10.8. The summed E-state index contributed by atoms with van der Waals surface area (Å²) >= 11 is 9.56. The molecule has 2 unspecified atom stereocenters. The van der Waals surface area contributed by atoms with Crippen LogP contribution in [0.5, 0.6) is 5.88 Å². The summed E-state index contributed by atoms with van der Waals surface area (Å²) in [4.78, 5) is 153. The van der Waals surface area contributed by atoms with Crippen molar-refractivity contribution in [3.63, 3.8) is 0 Å². The number of unbranched alkanes of at least 4 members (excludes halogenated alkanes) is 1. The highest BCUT2D eigenvalue weighted by Crippen LogP contribution is 2.51. The van der Waals surface area contributed by atoms with Crippen LogP contribution in [0.1, 0.15) is 87.0 Å². The predicted molar refractivity (Wildman–Crippen MR) is 394 cm³/mol. The molecule has 1 aliphatic carbocycles. The van der Waals surface area contributed by atoms with Crippen LogP contribution in [-0.4, -0.2) is 245 Å². The highest BCUT2D eigenvalue weighted by atomic mass is 32.5. The minimum Gasteiger partial charge on any atom is -0.474 e. The third-order valence-corrected chi connectivity index (χ3v) is 19.3. The van der Waals surface area contributed by atoms with Crippen molar-refractivity contribution >= 4 is 110 Å². The molecule has 2 fully saturated rings. The van der Waals surface area contributed by atoms with E-state index in [9.17, 15) is 57.7 Å². The van der Waals surface area contributed by atoms with Crippen molar-refractivity contribution in [1.82, 2.24) is 55.2 Å². The Morgan fingerprint density at radius 1 is 0.835 bits per heavy atom.